The van der Waals surface area contributed by atoms with Crippen molar-refractivity contribution in [3.8, 4) is 0 Å². The summed E-state index contributed by atoms with van der Waals surface area (Å²) in [5, 5.41) is -2.71. The van der Waals surface area contributed by atoms with Crippen LogP contribution in [0.5, 0.6) is 0 Å². The Morgan fingerprint density at radius 3 is 2.09 bits per heavy atom. The minimum atomic E-state index is -4.32. The van der Waals surface area contributed by atoms with Crippen molar-refractivity contribution in [3.05, 3.63) is 35.9 Å². The third-order valence-corrected chi connectivity index (χ3v) is 5.12. The predicted octanol–water partition coefficient (Wildman–Crippen LogP) is 1.04. The van der Waals surface area contributed by atoms with E-state index < -0.39 is 24.8 Å². The molecule has 9 heteroatoms. The van der Waals surface area contributed by atoms with Crippen LogP contribution in [0.25, 0.3) is 0 Å². The first-order valence-corrected chi connectivity index (χ1v) is 7.70. The fourth-order valence-electron chi connectivity index (χ4n) is 1.66. The van der Waals surface area contributed by atoms with Crippen LogP contribution in [0, 0.1) is 0 Å². The Bertz CT molecular complexity index is 569. The maximum absolute atomic E-state index is 12.5. The van der Waals surface area contributed by atoms with E-state index in [0.717, 1.165) is 21.3 Å². The Morgan fingerprint density at radius 1 is 1.09 bits per heavy atom. The lowest BCUT2D eigenvalue weighted by Crippen LogP contribution is -2.56. The van der Waals surface area contributed by atoms with Crippen molar-refractivity contribution in [2.45, 2.75) is 11.9 Å². The molecule has 0 saturated carbocycles. The quantitative estimate of drug-likeness (QED) is 0.448. The highest BCUT2D eigenvalue weighted by Crippen LogP contribution is 2.57. The number of benzene rings is 1. The van der Waals surface area contributed by atoms with Gasteiger partial charge in [0.05, 0.1) is 7.11 Å². The Balaban J connectivity index is 3.04. The second kappa shape index (κ2) is 7.51. The van der Waals surface area contributed by atoms with Crippen molar-refractivity contribution < 1.29 is 32.7 Å². The predicted molar refractivity (Wildman–Crippen MR) is 76.8 cm³/mol. The van der Waals surface area contributed by atoms with Gasteiger partial charge in [-0.05, 0) is 5.56 Å². The number of hydrogen-bond acceptors (Lipinski definition) is 8. The van der Waals surface area contributed by atoms with Gasteiger partial charge < -0.3 is 18.5 Å². The molecule has 0 spiro atoms. The van der Waals surface area contributed by atoms with Crippen molar-refractivity contribution in [1.29, 1.82) is 0 Å². The largest absolute Gasteiger partial charge is 0.467 e. The summed E-state index contributed by atoms with van der Waals surface area (Å²) in [5.41, 5.74) is 6.36. The third kappa shape index (κ3) is 3.36. The van der Waals surface area contributed by atoms with E-state index in [0.29, 0.717) is 5.56 Å². The molecule has 0 aliphatic rings. The second-order valence-electron chi connectivity index (χ2n) is 4.18. The van der Waals surface area contributed by atoms with E-state index in [1.54, 1.807) is 30.3 Å². The SMILES string of the molecule is COC(=O)C(N)(C(=O)OCc1ccccc1)P(=O)(OC)OC. The average Bonchev–Trinajstić information content (AvgIpc) is 2.58. The second-order valence-corrected chi connectivity index (χ2v) is 6.61. The normalized spacial score (nSPS) is 14.0. The number of carbonyl (C=O) groups is 2. The van der Waals surface area contributed by atoms with E-state index in [-0.39, 0.29) is 6.61 Å². The van der Waals surface area contributed by atoms with E-state index in [2.05, 4.69) is 13.8 Å². The number of methoxy groups -OCH3 is 1. The van der Waals surface area contributed by atoms with E-state index in [4.69, 9.17) is 10.5 Å². The highest BCUT2D eigenvalue weighted by Gasteiger charge is 2.62. The van der Waals surface area contributed by atoms with E-state index in [1.165, 1.54) is 0 Å². The third-order valence-electron chi connectivity index (χ3n) is 2.93. The summed E-state index contributed by atoms with van der Waals surface area (Å²) in [7, 11) is -1.34. The lowest BCUT2D eigenvalue weighted by Gasteiger charge is -2.29. The lowest BCUT2D eigenvalue weighted by molar-refractivity contribution is -0.159. The van der Waals surface area contributed by atoms with Crippen molar-refractivity contribution in [2.75, 3.05) is 21.3 Å². The standard InChI is InChI=1S/C13H18NO7P/c1-18-11(15)13(14,22(17,19-2)20-3)12(16)21-9-10-7-5-4-6-8-10/h4-8H,9,14H2,1-3H3. The van der Waals surface area contributed by atoms with Crippen molar-refractivity contribution in [3.63, 3.8) is 0 Å². The summed E-state index contributed by atoms with van der Waals surface area (Å²) < 4.78 is 31.2. The van der Waals surface area contributed by atoms with Crippen molar-refractivity contribution in [2.24, 2.45) is 5.73 Å². The van der Waals surface area contributed by atoms with Gasteiger partial charge in [-0.15, -0.1) is 0 Å². The minimum absolute atomic E-state index is 0.164. The first-order chi connectivity index (χ1) is 10.4. The van der Waals surface area contributed by atoms with E-state index >= 15 is 0 Å². The average molecular weight is 331 g/mol. The van der Waals surface area contributed by atoms with Crippen LogP contribution in [0.2, 0.25) is 0 Å². The molecule has 1 atom stereocenters. The van der Waals surface area contributed by atoms with E-state index in [1.807, 2.05) is 0 Å². The van der Waals surface area contributed by atoms with Gasteiger partial charge in [0.15, 0.2) is 0 Å². The van der Waals surface area contributed by atoms with Crippen LogP contribution < -0.4 is 5.73 Å². The topological polar surface area (TPSA) is 114 Å². The highest BCUT2D eigenvalue weighted by molar-refractivity contribution is 7.58. The fraction of sp³-hybridized carbons (Fsp3) is 0.385. The molecule has 0 aromatic heterocycles. The molecule has 0 radical (unpaired) electrons. The molecule has 1 unspecified atom stereocenters. The summed E-state index contributed by atoms with van der Waals surface area (Å²) in [4.78, 5) is 24.1. The van der Waals surface area contributed by atoms with Crippen molar-refractivity contribution >= 4 is 19.5 Å². The van der Waals surface area contributed by atoms with Gasteiger partial charge in [-0.2, -0.15) is 0 Å². The smallest absolute Gasteiger partial charge is 0.373 e. The van der Waals surface area contributed by atoms with Crippen LogP contribution in [-0.2, 0) is 39.3 Å². The number of rotatable bonds is 7. The summed E-state index contributed by atoms with van der Waals surface area (Å²) in [6, 6.07) is 8.69. The van der Waals surface area contributed by atoms with Gasteiger partial charge in [-0.3, -0.25) is 10.3 Å². The number of ether oxygens (including phenoxy) is 2. The molecule has 0 amide bonds. The first kappa shape index (κ1) is 18.3. The minimum Gasteiger partial charge on any atom is -0.467 e. The monoisotopic (exact) mass is 331 g/mol. The van der Waals surface area contributed by atoms with Crippen LogP contribution in [0.3, 0.4) is 0 Å². The first-order valence-electron chi connectivity index (χ1n) is 6.15. The van der Waals surface area contributed by atoms with Gasteiger partial charge in [-0.1, -0.05) is 30.3 Å². The molecule has 8 nitrogen and oxygen atoms in total. The summed E-state index contributed by atoms with van der Waals surface area (Å²) in [6.45, 7) is -0.164. The molecule has 1 aromatic carbocycles. The number of nitrogens with two attached hydrogens (primary N) is 1. The van der Waals surface area contributed by atoms with Crippen LogP contribution in [0.1, 0.15) is 5.56 Å². The Labute approximate surface area is 128 Å². The fourth-order valence-corrected chi connectivity index (χ4v) is 2.99. The van der Waals surface area contributed by atoms with Gasteiger partial charge in [0.2, 0.25) is 0 Å². The summed E-state index contributed by atoms with van der Waals surface area (Å²) >= 11 is 0. The summed E-state index contributed by atoms with van der Waals surface area (Å²) in [6.07, 6.45) is 0. The van der Waals surface area contributed by atoms with Crippen LogP contribution >= 0.6 is 7.60 Å². The molecule has 2 N–H and O–H groups in total. The van der Waals surface area contributed by atoms with Crippen LogP contribution in [-0.4, -0.2) is 38.5 Å². The molecule has 0 saturated heterocycles. The van der Waals surface area contributed by atoms with Gasteiger partial charge in [0, 0.05) is 14.2 Å². The van der Waals surface area contributed by atoms with Gasteiger partial charge in [0.1, 0.15) is 6.61 Å². The zero-order valence-electron chi connectivity index (χ0n) is 12.5. The number of esters is 2. The molecular weight excluding hydrogens is 313 g/mol. The Hall–Kier alpha value is -1.73. The molecule has 122 valence electrons. The molecule has 22 heavy (non-hydrogen) atoms. The molecule has 0 heterocycles. The van der Waals surface area contributed by atoms with Crippen molar-refractivity contribution in [1.82, 2.24) is 0 Å². The molecule has 0 aliphatic carbocycles. The Kier molecular flexibility index (Phi) is 6.25. The zero-order chi connectivity index (χ0) is 16.8. The maximum Gasteiger partial charge on any atom is 0.373 e. The molecule has 1 aromatic rings. The number of carbonyl (C=O) groups excluding carboxylic acids is 2. The maximum atomic E-state index is 12.5. The molecule has 0 bridgehead atoms. The van der Waals surface area contributed by atoms with Gasteiger partial charge in [-0.25, -0.2) is 9.59 Å². The Morgan fingerprint density at radius 2 is 1.64 bits per heavy atom. The molecule has 0 aliphatic heterocycles. The summed E-state index contributed by atoms with van der Waals surface area (Å²) in [5.74, 6) is -2.55. The highest BCUT2D eigenvalue weighted by atomic mass is 31.2. The lowest BCUT2D eigenvalue weighted by atomic mass is 10.2. The molecule has 1 rings (SSSR count). The van der Waals surface area contributed by atoms with Crippen LogP contribution in [0.4, 0.5) is 0 Å². The van der Waals surface area contributed by atoms with Gasteiger partial charge >= 0.3 is 24.8 Å². The molecule has 0 fully saturated rings. The van der Waals surface area contributed by atoms with Gasteiger partial charge in [0.25, 0.3) is 0 Å². The number of hydrogen-bond donors (Lipinski definition) is 1. The molecular formula is C13H18NO7P. The van der Waals surface area contributed by atoms with E-state index in [9.17, 15) is 14.2 Å². The van der Waals surface area contributed by atoms with Crippen LogP contribution in [0.15, 0.2) is 30.3 Å². The zero-order valence-corrected chi connectivity index (χ0v) is 13.4.